The zero-order valence-electron chi connectivity index (χ0n) is 15.3. The number of rotatable bonds is 6. The van der Waals surface area contributed by atoms with Crippen LogP contribution in [-0.4, -0.2) is 38.8 Å². The lowest BCUT2D eigenvalue weighted by molar-refractivity contribution is 0.0641. The predicted octanol–water partition coefficient (Wildman–Crippen LogP) is 4.03. The second-order valence-corrected chi connectivity index (χ2v) is 6.77. The maximum absolute atomic E-state index is 13.2. The van der Waals surface area contributed by atoms with Gasteiger partial charge in [-0.15, -0.1) is 0 Å². The summed E-state index contributed by atoms with van der Waals surface area (Å²) in [4.78, 5) is 14.8. The smallest absolute Gasteiger partial charge is 0.275 e. The van der Waals surface area contributed by atoms with Crippen LogP contribution in [0.3, 0.4) is 0 Å². The van der Waals surface area contributed by atoms with Crippen LogP contribution >= 0.6 is 11.6 Å². The van der Waals surface area contributed by atoms with Crippen molar-refractivity contribution >= 4 is 17.5 Å². The molecule has 1 N–H and O–H groups in total. The summed E-state index contributed by atoms with van der Waals surface area (Å²) in [5, 5.41) is 14.5. The van der Waals surface area contributed by atoms with Gasteiger partial charge in [-0.05, 0) is 31.5 Å². The van der Waals surface area contributed by atoms with Gasteiger partial charge in [-0.1, -0.05) is 54.1 Å². The zero-order chi connectivity index (χ0) is 19.4. The van der Waals surface area contributed by atoms with E-state index in [4.69, 9.17) is 11.6 Å². The molecule has 0 bridgehead atoms. The summed E-state index contributed by atoms with van der Waals surface area (Å²) in [6.07, 6.45) is 1.79. The first-order valence-corrected chi connectivity index (χ1v) is 9.18. The number of nitrogens with zero attached hydrogens (tertiary/aromatic N) is 3. The van der Waals surface area contributed by atoms with Crippen LogP contribution in [0.2, 0.25) is 5.02 Å². The SMILES string of the molecule is Cc1cn(-c2ccccc2Cl)nc1C(=O)N(CCO)[C@H](C)c1ccccc1. The number of carbonyl (C=O) groups is 1. The number of para-hydroxylation sites is 1. The molecule has 6 heteroatoms. The molecule has 0 aliphatic heterocycles. The van der Waals surface area contributed by atoms with Crippen LogP contribution in [0.15, 0.2) is 60.8 Å². The van der Waals surface area contributed by atoms with Gasteiger partial charge in [0.2, 0.25) is 0 Å². The van der Waals surface area contributed by atoms with Gasteiger partial charge in [0.1, 0.15) is 0 Å². The number of hydrogen-bond donors (Lipinski definition) is 1. The van der Waals surface area contributed by atoms with E-state index in [1.807, 2.05) is 62.4 Å². The van der Waals surface area contributed by atoms with Gasteiger partial charge < -0.3 is 10.0 Å². The van der Waals surface area contributed by atoms with Crippen LogP contribution in [0.4, 0.5) is 0 Å². The van der Waals surface area contributed by atoms with Crippen LogP contribution in [0.25, 0.3) is 5.69 Å². The first kappa shape index (κ1) is 19.1. The molecule has 0 unspecified atom stereocenters. The van der Waals surface area contributed by atoms with Gasteiger partial charge in [-0.2, -0.15) is 5.10 Å². The maximum Gasteiger partial charge on any atom is 0.275 e. The molecule has 27 heavy (non-hydrogen) atoms. The van der Waals surface area contributed by atoms with Crippen LogP contribution in [0, 0.1) is 6.92 Å². The predicted molar refractivity (Wildman–Crippen MR) is 106 cm³/mol. The topological polar surface area (TPSA) is 58.4 Å². The molecule has 0 saturated carbocycles. The molecule has 1 amide bonds. The highest BCUT2D eigenvalue weighted by Crippen LogP contribution is 2.24. The van der Waals surface area contributed by atoms with Gasteiger partial charge in [0.05, 0.1) is 23.4 Å². The second kappa shape index (κ2) is 8.37. The third-order valence-corrected chi connectivity index (χ3v) is 4.87. The normalized spacial score (nSPS) is 12.0. The number of benzene rings is 2. The highest BCUT2D eigenvalue weighted by molar-refractivity contribution is 6.32. The number of amides is 1. The summed E-state index contributed by atoms with van der Waals surface area (Å²) in [6, 6.07) is 16.9. The Hall–Kier alpha value is -2.63. The van der Waals surface area contributed by atoms with Gasteiger partial charge >= 0.3 is 0 Å². The lowest BCUT2D eigenvalue weighted by atomic mass is 10.1. The number of carbonyl (C=O) groups excluding carboxylic acids is 1. The van der Waals surface area contributed by atoms with Crippen molar-refractivity contribution in [1.29, 1.82) is 0 Å². The molecular weight excluding hydrogens is 362 g/mol. The van der Waals surface area contributed by atoms with Crippen molar-refractivity contribution in [3.8, 4) is 5.69 Å². The average Bonchev–Trinajstić information content (AvgIpc) is 3.07. The Morgan fingerprint density at radius 3 is 2.52 bits per heavy atom. The summed E-state index contributed by atoms with van der Waals surface area (Å²) in [5.41, 5.74) is 2.82. The molecule has 1 heterocycles. The van der Waals surface area contributed by atoms with Crippen molar-refractivity contribution in [2.24, 2.45) is 0 Å². The van der Waals surface area contributed by atoms with Gasteiger partial charge in [0.25, 0.3) is 5.91 Å². The van der Waals surface area contributed by atoms with Crippen molar-refractivity contribution in [2.45, 2.75) is 19.9 Å². The summed E-state index contributed by atoms with van der Waals surface area (Å²) in [5.74, 6) is -0.219. The lowest BCUT2D eigenvalue weighted by Gasteiger charge is -2.28. The maximum atomic E-state index is 13.2. The van der Waals surface area contributed by atoms with Gasteiger partial charge in [0.15, 0.2) is 5.69 Å². The molecule has 3 aromatic rings. The molecule has 0 aliphatic carbocycles. The number of aryl methyl sites for hydroxylation is 1. The lowest BCUT2D eigenvalue weighted by Crippen LogP contribution is -2.36. The number of aliphatic hydroxyl groups excluding tert-OH is 1. The van der Waals surface area contributed by atoms with E-state index in [0.29, 0.717) is 16.4 Å². The quantitative estimate of drug-likeness (QED) is 0.699. The molecule has 0 saturated heterocycles. The molecule has 3 rings (SSSR count). The van der Waals surface area contributed by atoms with E-state index in [1.54, 1.807) is 21.8 Å². The molecular formula is C21H22ClN3O2. The highest BCUT2D eigenvalue weighted by atomic mass is 35.5. The largest absolute Gasteiger partial charge is 0.395 e. The summed E-state index contributed by atoms with van der Waals surface area (Å²) in [7, 11) is 0. The third kappa shape index (κ3) is 4.04. The van der Waals surface area contributed by atoms with Crippen molar-refractivity contribution in [2.75, 3.05) is 13.2 Å². The minimum absolute atomic E-state index is 0.118. The van der Waals surface area contributed by atoms with E-state index in [0.717, 1.165) is 11.1 Å². The van der Waals surface area contributed by atoms with Crippen molar-refractivity contribution in [3.63, 3.8) is 0 Å². The summed E-state index contributed by atoms with van der Waals surface area (Å²) >= 11 is 6.25. The fourth-order valence-corrected chi connectivity index (χ4v) is 3.28. The third-order valence-electron chi connectivity index (χ3n) is 4.55. The fraction of sp³-hybridized carbons (Fsp3) is 0.238. The number of aliphatic hydroxyl groups is 1. The Kier molecular flexibility index (Phi) is 5.94. The Bertz CT molecular complexity index is 924. The fourth-order valence-electron chi connectivity index (χ4n) is 3.06. The van der Waals surface area contributed by atoms with E-state index in [-0.39, 0.29) is 25.1 Å². The van der Waals surface area contributed by atoms with Crippen LogP contribution < -0.4 is 0 Å². The van der Waals surface area contributed by atoms with E-state index in [1.165, 1.54) is 0 Å². The first-order chi connectivity index (χ1) is 13.0. The van der Waals surface area contributed by atoms with Crippen molar-refractivity contribution < 1.29 is 9.90 Å². The van der Waals surface area contributed by atoms with E-state index in [9.17, 15) is 9.90 Å². The van der Waals surface area contributed by atoms with Crippen LogP contribution in [0.1, 0.15) is 34.6 Å². The number of halogens is 1. The zero-order valence-corrected chi connectivity index (χ0v) is 16.1. The monoisotopic (exact) mass is 383 g/mol. The van der Waals surface area contributed by atoms with Gasteiger partial charge in [-0.3, -0.25) is 4.79 Å². The summed E-state index contributed by atoms with van der Waals surface area (Å²) < 4.78 is 1.62. The Labute approximate surface area is 163 Å². The van der Waals surface area contributed by atoms with Crippen molar-refractivity contribution in [1.82, 2.24) is 14.7 Å². The van der Waals surface area contributed by atoms with Gasteiger partial charge in [0, 0.05) is 18.3 Å². The minimum Gasteiger partial charge on any atom is -0.395 e. The number of aromatic nitrogens is 2. The Morgan fingerprint density at radius 1 is 1.19 bits per heavy atom. The van der Waals surface area contributed by atoms with E-state index >= 15 is 0 Å². The summed E-state index contributed by atoms with van der Waals surface area (Å²) in [6.45, 7) is 3.90. The minimum atomic E-state index is -0.219. The average molecular weight is 384 g/mol. The van der Waals surface area contributed by atoms with Crippen LogP contribution in [-0.2, 0) is 0 Å². The standard InChI is InChI=1S/C21H22ClN3O2/c1-15-14-25(19-11-7-6-10-18(19)22)23-20(15)21(27)24(12-13-26)16(2)17-8-4-3-5-9-17/h3-11,14,16,26H,12-13H2,1-2H3/t16-/m1/s1. The molecule has 0 radical (unpaired) electrons. The first-order valence-electron chi connectivity index (χ1n) is 8.81. The molecule has 5 nitrogen and oxygen atoms in total. The van der Waals surface area contributed by atoms with E-state index < -0.39 is 0 Å². The molecule has 0 aliphatic rings. The highest BCUT2D eigenvalue weighted by Gasteiger charge is 2.26. The van der Waals surface area contributed by atoms with E-state index in [2.05, 4.69) is 5.10 Å². The van der Waals surface area contributed by atoms with Crippen molar-refractivity contribution in [3.05, 3.63) is 82.6 Å². The van der Waals surface area contributed by atoms with Crippen LogP contribution in [0.5, 0.6) is 0 Å². The van der Waals surface area contributed by atoms with Gasteiger partial charge in [-0.25, -0.2) is 4.68 Å². The molecule has 0 fully saturated rings. The molecule has 1 atom stereocenters. The Balaban J connectivity index is 1.94. The second-order valence-electron chi connectivity index (χ2n) is 6.37. The number of hydrogen-bond acceptors (Lipinski definition) is 3. The molecule has 1 aromatic heterocycles. The Morgan fingerprint density at radius 2 is 1.85 bits per heavy atom. The molecule has 140 valence electrons. The molecule has 0 spiro atoms. The molecule has 2 aromatic carbocycles.